The Kier molecular flexibility index (Phi) is 5.61. The number of amides is 3. The Balaban J connectivity index is 1.52. The molecule has 5 heteroatoms. The Morgan fingerprint density at radius 3 is 2.04 bits per heavy atom. The zero-order valence-corrected chi connectivity index (χ0v) is 15.4. The monoisotopic (exact) mass is 343 g/mol. The van der Waals surface area contributed by atoms with Crippen LogP contribution in [0.4, 0.5) is 4.79 Å². The van der Waals surface area contributed by atoms with Crippen LogP contribution in [0.5, 0.6) is 0 Å². The Morgan fingerprint density at radius 1 is 0.880 bits per heavy atom. The molecule has 1 aromatic rings. The van der Waals surface area contributed by atoms with Crippen molar-refractivity contribution in [2.24, 2.45) is 0 Å². The second-order valence-electron chi connectivity index (χ2n) is 7.44. The quantitative estimate of drug-likeness (QED) is 0.897. The lowest BCUT2D eigenvalue weighted by atomic mass is 9.96. The summed E-state index contributed by atoms with van der Waals surface area (Å²) in [5, 5.41) is 3.16. The van der Waals surface area contributed by atoms with Gasteiger partial charge in [0.05, 0.1) is 0 Å². The fraction of sp³-hybridized carbons (Fsp3) is 0.600. The van der Waals surface area contributed by atoms with E-state index in [9.17, 15) is 9.59 Å². The highest BCUT2D eigenvalue weighted by Crippen LogP contribution is 2.18. The molecule has 3 rings (SSSR count). The van der Waals surface area contributed by atoms with Gasteiger partial charge in [-0.3, -0.25) is 4.79 Å². The lowest BCUT2D eigenvalue weighted by Crippen LogP contribution is -2.54. The molecule has 0 bridgehead atoms. The summed E-state index contributed by atoms with van der Waals surface area (Å²) in [6, 6.07) is 6.32. The van der Waals surface area contributed by atoms with Crippen LogP contribution in [0.15, 0.2) is 18.2 Å². The number of carbonyl (C=O) groups excluding carboxylic acids is 2. The van der Waals surface area contributed by atoms with Gasteiger partial charge in [0, 0.05) is 37.8 Å². The Labute approximate surface area is 150 Å². The van der Waals surface area contributed by atoms with Crippen molar-refractivity contribution >= 4 is 11.9 Å². The number of rotatable bonds is 2. The van der Waals surface area contributed by atoms with Gasteiger partial charge in [0.25, 0.3) is 5.91 Å². The van der Waals surface area contributed by atoms with Crippen LogP contribution in [-0.2, 0) is 0 Å². The van der Waals surface area contributed by atoms with Crippen molar-refractivity contribution in [1.82, 2.24) is 15.1 Å². The van der Waals surface area contributed by atoms with E-state index in [2.05, 4.69) is 11.4 Å². The summed E-state index contributed by atoms with van der Waals surface area (Å²) < 4.78 is 0. The van der Waals surface area contributed by atoms with Crippen molar-refractivity contribution in [3.8, 4) is 0 Å². The van der Waals surface area contributed by atoms with E-state index in [1.165, 1.54) is 19.3 Å². The summed E-state index contributed by atoms with van der Waals surface area (Å²) in [5.41, 5.74) is 2.96. The van der Waals surface area contributed by atoms with Crippen LogP contribution in [0.1, 0.15) is 53.6 Å². The predicted molar refractivity (Wildman–Crippen MR) is 98.8 cm³/mol. The van der Waals surface area contributed by atoms with Crippen molar-refractivity contribution in [3.63, 3.8) is 0 Å². The molecule has 0 radical (unpaired) electrons. The lowest BCUT2D eigenvalue weighted by molar-refractivity contribution is 0.0662. The molecule has 3 amide bonds. The summed E-state index contributed by atoms with van der Waals surface area (Å²) in [5.74, 6) is 0.0686. The number of nitrogens with zero attached hydrogens (tertiary/aromatic N) is 2. The zero-order chi connectivity index (χ0) is 17.8. The number of piperazine rings is 1. The van der Waals surface area contributed by atoms with Crippen LogP contribution >= 0.6 is 0 Å². The number of hydrogen-bond donors (Lipinski definition) is 1. The molecule has 2 aliphatic rings. The highest BCUT2D eigenvalue weighted by atomic mass is 16.2. The van der Waals surface area contributed by atoms with Crippen molar-refractivity contribution < 1.29 is 9.59 Å². The maximum Gasteiger partial charge on any atom is 0.317 e. The van der Waals surface area contributed by atoms with E-state index in [4.69, 9.17) is 0 Å². The van der Waals surface area contributed by atoms with Gasteiger partial charge >= 0.3 is 6.03 Å². The van der Waals surface area contributed by atoms with E-state index < -0.39 is 0 Å². The van der Waals surface area contributed by atoms with Crippen LogP contribution in [0.2, 0.25) is 0 Å². The van der Waals surface area contributed by atoms with Gasteiger partial charge < -0.3 is 15.1 Å². The van der Waals surface area contributed by atoms with Gasteiger partial charge in [-0.1, -0.05) is 36.5 Å². The number of nitrogens with one attached hydrogen (secondary N) is 1. The minimum atomic E-state index is 0.0328. The summed E-state index contributed by atoms with van der Waals surface area (Å²) >= 11 is 0. The Bertz CT molecular complexity index is 610. The van der Waals surface area contributed by atoms with Gasteiger partial charge in [-0.25, -0.2) is 4.79 Å². The molecule has 1 aliphatic heterocycles. The van der Waals surface area contributed by atoms with Crippen LogP contribution in [-0.4, -0.2) is 54.0 Å². The number of benzene rings is 1. The molecule has 0 unspecified atom stereocenters. The van der Waals surface area contributed by atoms with Crippen LogP contribution in [0, 0.1) is 13.8 Å². The van der Waals surface area contributed by atoms with Gasteiger partial charge in [-0.15, -0.1) is 0 Å². The van der Waals surface area contributed by atoms with E-state index >= 15 is 0 Å². The standard InChI is InChI=1S/C20H29N3O2/c1-15-12-16(2)14-17(13-15)19(24)22-8-10-23(11-9-22)20(25)21-18-6-4-3-5-7-18/h12-14,18H,3-11H2,1-2H3,(H,21,25). The fourth-order valence-electron chi connectivity index (χ4n) is 3.91. The van der Waals surface area contributed by atoms with Gasteiger partial charge in [0.1, 0.15) is 0 Å². The summed E-state index contributed by atoms with van der Waals surface area (Å²) in [4.78, 5) is 28.8. The van der Waals surface area contributed by atoms with Gasteiger partial charge in [0.15, 0.2) is 0 Å². The topological polar surface area (TPSA) is 52.7 Å². The molecule has 0 spiro atoms. The van der Waals surface area contributed by atoms with Crippen molar-refractivity contribution in [2.75, 3.05) is 26.2 Å². The smallest absolute Gasteiger partial charge is 0.317 e. The van der Waals surface area contributed by atoms with Crippen molar-refractivity contribution in [2.45, 2.75) is 52.0 Å². The first-order chi connectivity index (χ1) is 12.0. The maximum absolute atomic E-state index is 12.7. The zero-order valence-electron chi connectivity index (χ0n) is 15.4. The van der Waals surface area contributed by atoms with Crippen molar-refractivity contribution in [3.05, 3.63) is 34.9 Å². The first kappa shape index (κ1) is 17.8. The lowest BCUT2D eigenvalue weighted by Gasteiger charge is -2.36. The highest BCUT2D eigenvalue weighted by Gasteiger charge is 2.26. The van der Waals surface area contributed by atoms with E-state index in [1.807, 2.05) is 35.8 Å². The Morgan fingerprint density at radius 2 is 1.44 bits per heavy atom. The van der Waals surface area contributed by atoms with Crippen molar-refractivity contribution in [1.29, 1.82) is 0 Å². The van der Waals surface area contributed by atoms with Crippen LogP contribution < -0.4 is 5.32 Å². The summed E-state index contributed by atoms with van der Waals surface area (Å²) in [6.07, 6.45) is 5.89. The van der Waals surface area contributed by atoms with Crippen LogP contribution in [0.3, 0.4) is 0 Å². The molecule has 1 N–H and O–H groups in total. The molecule has 1 saturated carbocycles. The molecule has 0 atom stereocenters. The van der Waals surface area contributed by atoms with Gasteiger partial charge in [0.2, 0.25) is 0 Å². The number of urea groups is 1. The second-order valence-corrected chi connectivity index (χ2v) is 7.44. The van der Waals surface area contributed by atoms with E-state index in [1.54, 1.807) is 0 Å². The minimum Gasteiger partial charge on any atom is -0.335 e. The molecular formula is C20H29N3O2. The average Bonchev–Trinajstić information content (AvgIpc) is 2.61. The average molecular weight is 343 g/mol. The first-order valence-corrected chi connectivity index (χ1v) is 9.46. The molecule has 2 fully saturated rings. The number of aryl methyl sites for hydroxylation is 2. The fourth-order valence-corrected chi connectivity index (χ4v) is 3.91. The molecule has 1 aliphatic carbocycles. The van der Waals surface area contributed by atoms with Gasteiger partial charge in [-0.05, 0) is 38.8 Å². The van der Waals surface area contributed by atoms with Crippen LogP contribution in [0.25, 0.3) is 0 Å². The summed E-state index contributed by atoms with van der Waals surface area (Å²) in [6.45, 7) is 6.44. The molecule has 1 heterocycles. The molecule has 136 valence electrons. The third-order valence-electron chi connectivity index (χ3n) is 5.26. The molecule has 25 heavy (non-hydrogen) atoms. The molecule has 5 nitrogen and oxygen atoms in total. The number of carbonyl (C=O) groups is 2. The van der Waals surface area contributed by atoms with E-state index in [-0.39, 0.29) is 11.9 Å². The normalized spacial score (nSPS) is 19.0. The third-order valence-corrected chi connectivity index (χ3v) is 5.26. The minimum absolute atomic E-state index is 0.0328. The number of hydrogen-bond acceptors (Lipinski definition) is 2. The molecular weight excluding hydrogens is 314 g/mol. The van der Waals surface area contributed by atoms with Gasteiger partial charge in [-0.2, -0.15) is 0 Å². The van der Waals surface area contributed by atoms with E-state index in [0.29, 0.717) is 32.2 Å². The molecule has 1 aromatic carbocycles. The Hall–Kier alpha value is -2.04. The first-order valence-electron chi connectivity index (χ1n) is 9.46. The van der Waals surface area contributed by atoms with E-state index in [0.717, 1.165) is 29.5 Å². The highest BCUT2D eigenvalue weighted by molar-refractivity contribution is 5.94. The molecule has 0 aromatic heterocycles. The summed E-state index contributed by atoms with van der Waals surface area (Å²) in [7, 11) is 0. The SMILES string of the molecule is Cc1cc(C)cc(C(=O)N2CCN(C(=O)NC3CCCCC3)CC2)c1. The predicted octanol–water partition coefficient (Wildman–Crippen LogP) is 3.10. The maximum atomic E-state index is 12.7. The second kappa shape index (κ2) is 7.89. The third kappa shape index (κ3) is 4.53. The largest absolute Gasteiger partial charge is 0.335 e. The molecule has 1 saturated heterocycles.